The first kappa shape index (κ1) is 5.47. The fourth-order valence-electron chi connectivity index (χ4n) is 1.03. The molecular weight excluding hydrogens is 126 g/mol. The van der Waals surface area contributed by atoms with Crippen molar-refractivity contribution >= 4 is 6.21 Å². The summed E-state index contributed by atoms with van der Waals surface area (Å²) >= 11 is 0. The predicted molar refractivity (Wildman–Crippen MR) is 37.8 cm³/mol. The maximum Gasteiger partial charge on any atom is 0.206 e. The van der Waals surface area contributed by atoms with Crippen molar-refractivity contribution in [3.63, 3.8) is 0 Å². The van der Waals surface area contributed by atoms with E-state index in [2.05, 4.69) is 11.2 Å². The van der Waals surface area contributed by atoms with Gasteiger partial charge < -0.3 is 0 Å². The first-order chi connectivity index (χ1) is 4.97. The van der Waals surface area contributed by atoms with E-state index >= 15 is 0 Å². The van der Waals surface area contributed by atoms with Crippen LogP contribution in [0.1, 0.15) is 5.56 Å². The number of rotatable bonds is 0. The number of para-hydroxylation sites is 1. The summed E-state index contributed by atoms with van der Waals surface area (Å²) in [5, 5.41) is 2.72. The lowest BCUT2D eigenvalue weighted by atomic mass is 10.1. The van der Waals surface area contributed by atoms with Crippen molar-refractivity contribution in [1.29, 1.82) is 0 Å². The first-order valence-electron chi connectivity index (χ1n) is 3.29. The number of benzene rings is 1. The van der Waals surface area contributed by atoms with Crippen LogP contribution in [0.15, 0.2) is 24.3 Å². The van der Waals surface area contributed by atoms with Crippen molar-refractivity contribution in [2.75, 3.05) is 0 Å². The zero-order chi connectivity index (χ0) is 6.81. The Morgan fingerprint density at radius 2 is 2.20 bits per heavy atom. The minimum atomic E-state index is 0.935. The normalized spacial score (nSPS) is 14.0. The highest BCUT2D eigenvalue weighted by atomic mass is 16.6. The monoisotopic (exact) mass is 134 g/mol. The van der Waals surface area contributed by atoms with Gasteiger partial charge in [-0.05, 0) is 11.2 Å². The molecule has 1 aliphatic rings. The molecule has 1 aromatic rings. The van der Waals surface area contributed by atoms with Gasteiger partial charge in [0.1, 0.15) is 0 Å². The average molecular weight is 134 g/mol. The highest BCUT2D eigenvalue weighted by Gasteiger charge is 2.08. The number of hydrogen-bond acceptors (Lipinski definition) is 1. The van der Waals surface area contributed by atoms with Gasteiger partial charge in [-0.25, -0.2) is 4.84 Å². The number of fused-ring (bicyclic) bond motifs is 1. The Kier molecular flexibility index (Phi) is 1.17. The van der Waals surface area contributed by atoms with E-state index in [4.69, 9.17) is 4.84 Å². The van der Waals surface area contributed by atoms with Gasteiger partial charge in [-0.2, -0.15) is 0 Å². The molecule has 0 aromatic heterocycles. The van der Waals surface area contributed by atoms with Gasteiger partial charge >= 0.3 is 0 Å². The fraction of sp³-hybridized carbons (Fsp3) is 0.125. The molecule has 0 unspecified atom stereocenters. The Balaban J connectivity index is 2.47. The summed E-state index contributed by atoms with van der Waals surface area (Å²) in [4.78, 5) is 5.12. The van der Waals surface area contributed by atoms with Crippen LogP contribution < -0.4 is 9.99 Å². The highest BCUT2D eigenvalue weighted by molar-refractivity contribution is 5.58. The maximum atomic E-state index is 5.12. The van der Waals surface area contributed by atoms with Gasteiger partial charge in [-0.3, -0.25) is 0 Å². The molecule has 0 radical (unpaired) electrons. The topological polar surface area (TPSA) is 23.2 Å². The standard InChI is InChI=1S/C8H7NO/c1-2-4-8-7(3-1)5-6-9-10-8/h1-4,6H,5H2/p+1. The third kappa shape index (κ3) is 0.778. The third-order valence-corrected chi connectivity index (χ3v) is 1.55. The van der Waals surface area contributed by atoms with E-state index in [1.54, 1.807) is 0 Å². The maximum absolute atomic E-state index is 5.12. The van der Waals surface area contributed by atoms with Crippen molar-refractivity contribution in [3.05, 3.63) is 29.8 Å². The Morgan fingerprint density at radius 3 is 3.10 bits per heavy atom. The van der Waals surface area contributed by atoms with Crippen LogP contribution in [0.5, 0.6) is 5.75 Å². The zero-order valence-electron chi connectivity index (χ0n) is 5.50. The predicted octanol–water partition coefficient (Wildman–Crippen LogP) is -0.312. The molecule has 0 spiro atoms. The lowest BCUT2D eigenvalue weighted by Crippen LogP contribution is -2.73. The molecule has 50 valence electrons. The van der Waals surface area contributed by atoms with Crippen molar-refractivity contribution < 1.29 is 9.99 Å². The van der Waals surface area contributed by atoms with Gasteiger partial charge in [-0.15, -0.1) is 0 Å². The molecule has 0 atom stereocenters. The van der Waals surface area contributed by atoms with E-state index in [-0.39, 0.29) is 0 Å². The van der Waals surface area contributed by atoms with Gasteiger partial charge in [0.2, 0.25) is 5.75 Å². The lowest BCUT2D eigenvalue weighted by Gasteiger charge is -2.02. The molecule has 2 rings (SSSR count). The lowest BCUT2D eigenvalue weighted by molar-refractivity contribution is -0.703. The van der Waals surface area contributed by atoms with Crippen molar-refractivity contribution in [1.82, 2.24) is 0 Å². The molecular formula is C8H8NO+. The van der Waals surface area contributed by atoms with Gasteiger partial charge in [-0.1, -0.05) is 18.2 Å². The third-order valence-electron chi connectivity index (χ3n) is 1.55. The second kappa shape index (κ2) is 2.14. The van der Waals surface area contributed by atoms with Crippen LogP contribution in [0.4, 0.5) is 0 Å². The molecule has 1 heterocycles. The van der Waals surface area contributed by atoms with Gasteiger partial charge in [0.25, 0.3) is 0 Å². The molecule has 10 heavy (non-hydrogen) atoms. The van der Waals surface area contributed by atoms with Crippen LogP contribution in [-0.4, -0.2) is 6.21 Å². The van der Waals surface area contributed by atoms with Crippen LogP contribution in [0.3, 0.4) is 0 Å². The van der Waals surface area contributed by atoms with Gasteiger partial charge in [0, 0.05) is 5.56 Å². The van der Waals surface area contributed by atoms with Crippen LogP contribution in [0.25, 0.3) is 0 Å². The molecule has 0 bridgehead atoms. The molecule has 1 N–H and O–H groups in total. The molecule has 0 amide bonds. The molecule has 2 heteroatoms. The summed E-state index contributed by atoms with van der Waals surface area (Å²) in [5.74, 6) is 0.935. The van der Waals surface area contributed by atoms with E-state index < -0.39 is 0 Å². The summed E-state index contributed by atoms with van der Waals surface area (Å²) in [6.45, 7) is 0. The van der Waals surface area contributed by atoms with Crippen LogP contribution in [0, 0.1) is 0 Å². The zero-order valence-corrected chi connectivity index (χ0v) is 5.50. The van der Waals surface area contributed by atoms with Crippen molar-refractivity contribution in [2.24, 2.45) is 0 Å². The minimum absolute atomic E-state index is 0.935. The second-order valence-corrected chi connectivity index (χ2v) is 2.24. The van der Waals surface area contributed by atoms with Gasteiger partial charge in [0.05, 0.1) is 6.42 Å². The molecule has 0 fully saturated rings. The fourth-order valence-corrected chi connectivity index (χ4v) is 1.03. The van der Waals surface area contributed by atoms with Crippen molar-refractivity contribution in [2.45, 2.75) is 6.42 Å². The quantitative estimate of drug-likeness (QED) is 0.516. The Labute approximate surface area is 59.1 Å². The van der Waals surface area contributed by atoms with Crippen LogP contribution in [-0.2, 0) is 6.42 Å². The van der Waals surface area contributed by atoms with Crippen LogP contribution >= 0.6 is 0 Å². The summed E-state index contributed by atoms with van der Waals surface area (Å²) in [6.07, 6.45) is 2.83. The van der Waals surface area contributed by atoms with E-state index in [0.717, 1.165) is 12.2 Å². The summed E-state index contributed by atoms with van der Waals surface area (Å²) in [6, 6.07) is 8.00. The second-order valence-electron chi connectivity index (χ2n) is 2.24. The van der Waals surface area contributed by atoms with E-state index in [9.17, 15) is 0 Å². The molecule has 2 nitrogen and oxygen atoms in total. The van der Waals surface area contributed by atoms with Gasteiger partial charge in [0.15, 0.2) is 6.21 Å². The SMILES string of the molecule is C1=[NH+]Oc2ccccc2C1. The van der Waals surface area contributed by atoms with E-state index in [1.807, 2.05) is 24.4 Å². The minimum Gasteiger partial charge on any atom is -0.239 e. The average Bonchev–Trinajstić information content (AvgIpc) is 2.05. The molecule has 1 aliphatic heterocycles. The summed E-state index contributed by atoms with van der Waals surface area (Å²) in [7, 11) is 0. The summed E-state index contributed by atoms with van der Waals surface area (Å²) in [5.41, 5.74) is 1.24. The number of nitrogens with one attached hydrogen (secondary N) is 1. The van der Waals surface area contributed by atoms with E-state index in [1.165, 1.54) is 5.56 Å². The number of hydrogen-bond donors (Lipinski definition) is 1. The van der Waals surface area contributed by atoms with Crippen molar-refractivity contribution in [3.8, 4) is 5.75 Å². The smallest absolute Gasteiger partial charge is 0.206 e. The largest absolute Gasteiger partial charge is 0.239 e. The molecule has 0 aliphatic carbocycles. The molecule has 1 aromatic carbocycles. The first-order valence-corrected chi connectivity index (χ1v) is 3.29. The molecule has 0 saturated heterocycles. The van der Waals surface area contributed by atoms with E-state index in [0.29, 0.717) is 0 Å². The molecule has 0 saturated carbocycles. The summed E-state index contributed by atoms with van der Waals surface area (Å²) < 4.78 is 0. The van der Waals surface area contributed by atoms with Crippen LogP contribution in [0.2, 0.25) is 0 Å². The highest BCUT2D eigenvalue weighted by Crippen LogP contribution is 2.16. The Morgan fingerprint density at radius 1 is 1.30 bits per heavy atom. The Bertz CT molecular complexity index is 241. The Hall–Kier alpha value is -1.31.